The Kier molecular flexibility index (Phi) is 3.20. The van der Waals surface area contributed by atoms with Crippen LogP contribution in [0.2, 0.25) is 0 Å². The standard InChI is InChI=1S/C16H12N2O3/c17-3-4-20-15-2-1-10-8-14(15)12-5-11(10)6-13(7-12)21-9-16(18)19/h1-2,5-8H,4,9H2,(H2,18,19). The van der Waals surface area contributed by atoms with Crippen LogP contribution >= 0.6 is 0 Å². The first-order chi connectivity index (χ1) is 10.2. The topological polar surface area (TPSA) is 85.3 Å². The lowest BCUT2D eigenvalue weighted by Crippen LogP contribution is -2.19. The summed E-state index contributed by atoms with van der Waals surface area (Å²) < 4.78 is 10.8. The number of nitrogens with two attached hydrogens (primary N) is 1. The van der Waals surface area contributed by atoms with Crippen molar-refractivity contribution in [3.8, 4) is 17.6 Å². The number of fused-ring (bicyclic) bond motifs is 6. The molecule has 5 heteroatoms. The summed E-state index contributed by atoms with van der Waals surface area (Å²) in [6.07, 6.45) is 0. The number of hydrogen-bond donors (Lipinski definition) is 1. The lowest BCUT2D eigenvalue weighted by molar-refractivity contribution is -0.119. The minimum Gasteiger partial charge on any atom is -0.484 e. The zero-order valence-corrected chi connectivity index (χ0v) is 11.1. The molecule has 5 nitrogen and oxygen atoms in total. The fraction of sp³-hybridized carbons (Fsp3) is 0.125. The zero-order chi connectivity index (χ0) is 14.8. The van der Waals surface area contributed by atoms with Crippen LogP contribution in [0.15, 0.2) is 36.4 Å². The van der Waals surface area contributed by atoms with Crippen molar-refractivity contribution in [2.75, 3.05) is 13.2 Å². The summed E-state index contributed by atoms with van der Waals surface area (Å²) >= 11 is 0. The van der Waals surface area contributed by atoms with Crippen LogP contribution in [0.25, 0.3) is 21.5 Å². The van der Waals surface area contributed by atoms with Crippen molar-refractivity contribution >= 4 is 27.5 Å². The summed E-state index contributed by atoms with van der Waals surface area (Å²) in [5, 5.41) is 12.5. The molecule has 0 aliphatic rings. The second kappa shape index (κ2) is 5.17. The van der Waals surface area contributed by atoms with E-state index in [1.807, 2.05) is 42.5 Å². The average Bonchev–Trinajstić information content (AvgIpc) is 2.49. The zero-order valence-electron chi connectivity index (χ0n) is 11.1. The highest BCUT2D eigenvalue weighted by Crippen LogP contribution is 2.34. The molecule has 3 aromatic rings. The predicted molar refractivity (Wildman–Crippen MR) is 78.4 cm³/mol. The minimum absolute atomic E-state index is 0.00291. The number of benzene rings is 3. The smallest absolute Gasteiger partial charge is 0.255 e. The lowest BCUT2D eigenvalue weighted by Gasteiger charge is -2.12. The first-order valence-electron chi connectivity index (χ1n) is 6.38. The number of carbonyl (C=O) groups is 1. The quantitative estimate of drug-likeness (QED) is 0.776. The van der Waals surface area contributed by atoms with Crippen molar-refractivity contribution < 1.29 is 14.3 Å². The van der Waals surface area contributed by atoms with Gasteiger partial charge in [-0.2, -0.15) is 5.26 Å². The fourth-order valence-electron chi connectivity index (χ4n) is 2.33. The van der Waals surface area contributed by atoms with E-state index >= 15 is 0 Å². The molecule has 3 aromatic carbocycles. The number of primary amides is 1. The SMILES string of the molecule is N#CCOc1ccc2cc1c1cc(OCC(N)=O)cc2c1. The maximum atomic E-state index is 10.8. The Morgan fingerprint density at radius 1 is 1.10 bits per heavy atom. The molecule has 0 fully saturated rings. The van der Waals surface area contributed by atoms with Gasteiger partial charge in [-0.15, -0.1) is 0 Å². The van der Waals surface area contributed by atoms with E-state index in [1.54, 1.807) is 0 Å². The van der Waals surface area contributed by atoms with Crippen LogP contribution in [0.1, 0.15) is 0 Å². The highest BCUT2D eigenvalue weighted by molar-refractivity contribution is 6.03. The molecule has 2 N–H and O–H groups in total. The van der Waals surface area contributed by atoms with Gasteiger partial charge in [0.1, 0.15) is 17.6 Å². The Bertz CT molecular complexity index is 852. The Balaban J connectivity index is 2.07. The monoisotopic (exact) mass is 280 g/mol. The van der Waals surface area contributed by atoms with Gasteiger partial charge in [-0.05, 0) is 46.5 Å². The molecule has 0 saturated carbocycles. The molecule has 21 heavy (non-hydrogen) atoms. The number of rotatable bonds is 5. The van der Waals surface area contributed by atoms with Crippen molar-refractivity contribution in [1.29, 1.82) is 5.26 Å². The number of ether oxygens (including phenoxy) is 2. The maximum Gasteiger partial charge on any atom is 0.255 e. The molecule has 4 bridgehead atoms. The van der Waals surface area contributed by atoms with Crippen molar-refractivity contribution in [2.24, 2.45) is 5.73 Å². The van der Waals surface area contributed by atoms with E-state index < -0.39 is 5.91 Å². The molecular weight excluding hydrogens is 268 g/mol. The van der Waals surface area contributed by atoms with E-state index in [-0.39, 0.29) is 13.2 Å². The summed E-state index contributed by atoms with van der Waals surface area (Å²) in [5.74, 6) is 0.716. The van der Waals surface area contributed by atoms with Crippen LogP contribution in [0.5, 0.6) is 11.5 Å². The molecular formula is C16H12N2O3. The molecule has 0 unspecified atom stereocenters. The molecule has 104 valence electrons. The van der Waals surface area contributed by atoms with Crippen molar-refractivity contribution in [3.63, 3.8) is 0 Å². The summed E-state index contributed by atoms with van der Waals surface area (Å²) in [6.45, 7) is -0.161. The molecule has 0 heterocycles. The molecule has 0 aliphatic heterocycles. The van der Waals surface area contributed by atoms with Crippen LogP contribution < -0.4 is 15.2 Å². The Hall–Kier alpha value is -3.00. The van der Waals surface area contributed by atoms with E-state index in [0.717, 1.165) is 21.5 Å². The third-order valence-corrected chi connectivity index (χ3v) is 3.20. The summed E-state index contributed by atoms with van der Waals surface area (Å²) in [7, 11) is 0. The third kappa shape index (κ3) is 2.51. The summed E-state index contributed by atoms with van der Waals surface area (Å²) in [4.78, 5) is 10.8. The van der Waals surface area contributed by atoms with Crippen molar-refractivity contribution in [1.82, 2.24) is 0 Å². The third-order valence-electron chi connectivity index (χ3n) is 3.20. The van der Waals surface area contributed by atoms with Crippen LogP contribution in [-0.2, 0) is 4.79 Å². The van der Waals surface area contributed by atoms with Gasteiger partial charge in [-0.3, -0.25) is 4.79 Å². The van der Waals surface area contributed by atoms with Gasteiger partial charge in [0, 0.05) is 5.39 Å². The number of amides is 1. The van der Waals surface area contributed by atoms with E-state index in [0.29, 0.717) is 11.5 Å². The first-order valence-corrected chi connectivity index (χ1v) is 6.38. The second-order valence-electron chi connectivity index (χ2n) is 4.66. The number of nitriles is 1. The Morgan fingerprint density at radius 2 is 1.90 bits per heavy atom. The van der Waals surface area contributed by atoms with Gasteiger partial charge in [0.05, 0.1) is 0 Å². The van der Waals surface area contributed by atoms with Crippen LogP contribution in [0, 0.1) is 11.3 Å². The highest BCUT2D eigenvalue weighted by Gasteiger charge is 2.09. The van der Waals surface area contributed by atoms with Gasteiger partial charge in [0.25, 0.3) is 5.91 Å². The number of nitrogens with zero attached hydrogens (tertiary/aromatic N) is 1. The second-order valence-corrected chi connectivity index (χ2v) is 4.66. The maximum absolute atomic E-state index is 10.8. The largest absolute Gasteiger partial charge is 0.484 e. The lowest BCUT2D eigenvalue weighted by atomic mass is 10.0. The predicted octanol–water partition coefficient (Wildman–Crippen LogP) is 2.20. The molecule has 0 saturated heterocycles. The molecule has 0 aliphatic carbocycles. The molecule has 3 rings (SSSR count). The van der Waals surface area contributed by atoms with Crippen molar-refractivity contribution in [2.45, 2.75) is 0 Å². The average molecular weight is 280 g/mol. The molecule has 1 amide bonds. The normalized spacial score (nSPS) is 10.6. The Labute approximate surface area is 120 Å². The van der Waals surface area contributed by atoms with Gasteiger partial charge < -0.3 is 15.2 Å². The van der Waals surface area contributed by atoms with Crippen molar-refractivity contribution in [3.05, 3.63) is 36.4 Å². The van der Waals surface area contributed by atoms with Crippen LogP contribution in [0.3, 0.4) is 0 Å². The van der Waals surface area contributed by atoms with E-state index in [2.05, 4.69) is 0 Å². The van der Waals surface area contributed by atoms with E-state index in [1.165, 1.54) is 0 Å². The van der Waals surface area contributed by atoms with Gasteiger partial charge in [0.2, 0.25) is 0 Å². The number of carbonyl (C=O) groups excluding carboxylic acids is 1. The minimum atomic E-state index is -0.518. The van der Waals surface area contributed by atoms with E-state index in [9.17, 15) is 4.79 Å². The molecule has 0 spiro atoms. The summed E-state index contributed by atoms with van der Waals surface area (Å²) in [5.41, 5.74) is 5.09. The fourth-order valence-corrected chi connectivity index (χ4v) is 2.33. The number of hydrogen-bond acceptors (Lipinski definition) is 4. The first kappa shape index (κ1) is 13.0. The summed E-state index contributed by atoms with van der Waals surface area (Å²) in [6, 6.07) is 13.4. The van der Waals surface area contributed by atoms with Gasteiger partial charge in [-0.25, -0.2) is 0 Å². The van der Waals surface area contributed by atoms with Gasteiger partial charge in [-0.1, -0.05) is 6.07 Å². The van der Waals surface area contributed by atoms with Crippen LogP contribution in [0.4, 0.5) is 0 Å². The molecule has 0 radical (unpaired) electrons. The Morgan fingerprint density at radius 3 is 2.67 bits per heavy atom. The molecule has 0 aromatic heterocycles. The highest BCUT2D eigenvalue weighted by atomic mass is 16.5. The van der Waals surface area contributed by atoms with Crippen LogP contribution in [-0.4, -0.2) is 19.1 Å². The van der Waals surface area contributed by atoms with Gasteiger partial charge in [0.15, 0.2) is 13.2 Å². The van der Waals surface area contributed by atoms with E-state index in [4.69, 9.17) is 20.5 Å². The van der Waals surface area contributed by atoms with Gasteiger partial charge >= 0.3 is 0 Å². The molecule has 0 atom stereocenters.